The molecule has 0 radical (unpaired) electrons. The Kier molecular flexibility index (Phi) is 3.98. The standard InChI is InChI=1S/C17H15N3O2/c21-16(12-6-2-1-3-7-12)17(22)20-18-11-14-10-13-8-4-5-9-15(13)19-14/h1-11,16,19,21H,(H,20,22)/b18-11-/t16-/m1/s1. The quantitative estimate of drug-likeness (QED) is 0.510. The second-order valence-corrected chi connectivity index (χ2v) is 4.86. The molecule has 5 heteroatoms. The van der Waals surface area contributed by atoms with Gasteiger partial charge in [-0.2, -0.15) is 5.10 Å². The fourth-order valence-corrected chi connectivity index (χ4v) is 2.18. The summed E-state index contributed by atoms with van der Waals surface area (Å²) < 4.78 is 0. The van der Waals surface area contributed by atoms with Gasteiger partial charge in [0.25, 0.3) is 5.91 Å². The molecule has 5 nitrogen and oxygen atoms in total. The maximum absolute atomic E-state index is 11.8. The number of aliphatic hydroxyl groups is 1. The van der Waals surface area contributed by atoms with E-state index in [9.17, 15) is 9.90 Å². The first kappa shape index (κ1) is 14.0. The van der Waals surface area contributed by atoms with Crippen LogP contribution in [0, 0.1) is 0 Å². The van der Waals surface area contributed by atoms with E-state index in [-0.39, 0.29) is 0 Å². The number of para-hydroxylation sites is 1. The van der Waals surface area contributed by atoms with Crippen molar-refractivity contribution in [2.24, 2.45) is 5.10 Å². The van der Waals surface area contributed by atoms with Crippen LogP contribution in [-0.2, 0) is 4.79 Å². The summed E-state index contributed by atoms with van der Waals surface area (Å²) in [6, 6.07) is 18.5. The summed E-state index contributed by atoms with van der Waals surface area (Å²) in [5.74, 6) is -0.571. The maximum atomic E-state index is 11.8. The third kappa shape index (κ3) is 3.05. The number of aliphatic hydroxyl groups excluding tert-OH is 1. The van der Waals surface area contributed by atoms with Gasteiger partial charge in [-0.3, -0.25) is 4.79 Å². The third-order valence-corrected chi connectivity index (χ3v) is 3.29. The molecule has 22 heavy (non-hydrogen) atoms. The lowest BCUT2D eigenvalue weighted by Gasteiger charge is -2.08. The molecule has 1 aromatic heterocycles. The van der Waals surface area contributed by atoms with Crippen LogP contribution in [0.4, 0.5) is 0 Å². The summed E-state index contributed by atoms with van der Waals surface area (Å²) in [6.07, 6.45) is 0.274. The van der Waals surface area contributed by atoms with Crippen LogP contribution in [0.2, 0.25) is 0 Å². The average Bonchev–Trinajstić information content (AvgIpc) is 2.97. The number of rotatable bonds is 4. The van der Waals surface area contributed by atoms with E-state index in [0.717, 1.165) is 16.6 Å². The van der Waals surface area contributed by atoms with Crippen LogP contribution in [0.5, 0.6) is 0 Å². The lowest BCUT2D eigenvalue weighted by Crippen LogP contribution is -2.25. The van der Waals surface area contributed by atoms with Crippen molar-refractivity contribution in [2.45, 2.75) is 6.10 Å². The van der Waals surface area contributed by atoms with Crippen LogP contribution in [0.3, 0.4) is 0 Å². The molecule has 0 aliphatic carbocycles. The Balaban J connectivity index is 1.65. The predicted octanol–water partition coefficient (Wildman–Crippen LogP) is 2.35. The molecule has 3 aromatic rings. The van der Waals surface area contributed by atoms with E-state index in [1.54, 1.807) is 24.3 Å². The largest absolute Gasteiger partial charge is 0.378 e. The van der Waals surface area contributed by atoms with Gasteiger partial charge in [-0.1, -0.05) is 48.5 Å². The minimum absolute atomic E-state index is 0.529. The molecule has 3 rings (SSSR count). The summed E-state index contributed by atoms with van der Waals surface area (Å²) >= 11 is 0. The molecule has 2 aromatic carbocycles. The van der Waals surface area contributed by atoms with Crippen molar-refractivity contribution in [2.75, 3.05) is 0 Å². The van der Waals surface area contributed by atoms with Crippen LogP contribution in [0.15, 0.2) is 65.8 Å². The van der Waals surface area contributed by atoms with Crippen molar-refractivity contribution in [1.82, 2.24) is 10.4 Å². The number of aromatic amines is 1. The van der Waals surface area contributed by atoms with Gasteiger partial charge in [-0.05, 0) is 17.7 Å². The number of aromatic nitrogens is 1. The summed E-state index contributed by atoms with van der Waals surface area (Å²) in [5, 5.41) is 14.8. The molecule has 1 heterocycles. The van der Waals surface area contributed by atoms with Crippen LogP contribution >= 0.6 is 0 Å². The average molecular weight is 293 g/mol. The fourth-order valence-electron chi connectivity index (χ4n) is 2.18. The Hall–Kier alpha value is -2.92. The molecule has 0 bridgehead atoms. The minimum atomic E-state index is -1.24. The van der Waals surface area contributed by atoms with E-state index in [2.05, 4.69) is 15.5 Å². The van der Waals surface area contributed by atoms with Gasteiger partial charge in [0, 0.05) is 10.9 Å². The highest BCUT2D eigenvalue weighted by Gasteiger charge is 2.15. The smallest absolute Gasteiger partial charge is 0.273 e. The van der Waals surface area contributed by atoms with E-state index in [1.165, 1.54) is 6.21 Å². The van der Waals surface area contributed by atoms with Gasteiger partial charge in [0.05, 0.1) is 11.9 Å². The van der Waals surface area contributed by atoms with Crippen molar-refractivity contribution < 1.29 is 9.90 Å². The number of H-pyrrole nitrogens is 1. The molecule has 0 saturated heterocycles. The highest BCUT2D eigenvalue weighted by molar-refractivity contribution is 5.90. The van der Waals surface area contributed by atoms with E-state index in [4.69, 9.17) is 0 Å². The Morgan fingerprint density at radius 2 is 1.86 bits per heavy atom. The Morgan fingerprint density at radius 3 is 2.64 bits per heavy atom. The number of nitrogens with one attached hydrogen (secondary N) is 2. The van der Waals surface area contributed by atoms with E-state index in [1.807, 2.05) is 36.4 Å². The first-order valence-corrected chi connectivity index (χ1v) is 6.88. The topological polar surface area (TPSA) is 77.5 Å². The maximum Gasteiger partial charge on any atom is 0.273 e. The number of hydrogen-bond acceptors (Lipinski definition) is 3. The molecule has 0 aliphatic rings. The number of fused-ring (bicyclic) bond motifs is 1. The second kappa shape index (κ2) is 6.24. The number of hydrogen-bond donors (Lipinski definition) is 3. The van der Waals surface area contributed by atoms with Gasteiger partial charge in [-0.15, -0.1) is 0 Å². The van der Waals surface area contributed by atoms with Crippen molar-refractivity contribution in [3.8, 4) is 0 Å². The molecule has 0 fully saturated rings. The normalized spacial score (nSPS) is 12.6. The van der Waals surface area contributed by atoms with E-state index in [0.29, 0.717) is 5.56 Å². The first-order valence-electron chi connectivity index (χ1n) is 6.88. The molecular formula is C17H15N3O2. The zero-order valence-electron chi connectivity index (χ0n) is 11.7. The zero-order chi connectivity index (χ0) is 15.4. The van der Waals surface area contributed by atoms with Crippen LogP contribution < -0.4 is 5.43 Å². The number of amides is 1. The predicted molar refractivity (Wildman–Crippen MR) is 85.4 cm³/mol. The third-order valence-electron chi connectivity index (χ3n) is 3.29. The van der Waals surface area contributed by atoms with Crippen molar-refractivity contribution in [1.29, 1.82) is 0 Å². The van der Waals surface area contributed by atoms with Gasteiger partial charge in [0.15, 0.2) is 6.10 Å². The van der Waals surface area contributed by atoms with Gasteiger partial charge in [-0.25, -0.2) is 5.43 Å². The highest BCUT2D eigenvalue weighted by Crippen LogP contribution is 2.13. The monoisotopic (exact) mass is 293 g/mol. The van der Waals surface area contributed by atoms with Gasteiger partial charge < -0.3 is 10.1 Å². The molecule has 110 valence electrons. The number of nitrogens with zero attached hydrogens (tertiary/aromatic N) is 1. The molecule has 0 unspecified atom stereocenters. The van der Waals surface area contributed by atoms with Crippen molar-refractivity contribution in [3.05, 3.63) is 71.9 Å². The second-order valence-electron chi connectivity index (χ2n) is 4.86. The minimum Gasteiger partial charge on any atom is -0.378 e. The van der Waals surface area contributed by atoms with Crippen LogP contribution in [-0.4, -0.2) is 22.2 Å². The number of benzene rings is 2. The van der Waals surface area contributed by atoms with Crippen molar-refractivity contribution >= 4 is 23.0 Å². The molecule has 0 saturated carbocycles. The molecule has 1 amide bonds. The van der Waals surface area contributed by atoms with Gasteiger partial charge >= 0.3 is 0 Å². The molecular weight excluding hydrogens is 278 g/mol. The fraction of sp³-hybridized carbons (Fsp3) is 0.0588. The van der Waals surface area contributed by atoms with Crippen LogP contribution in [0.25, 0.3) is 10.9 Å². The molecule has 0 spiro atoms. The Bertz CT molecular complexity index is 776. The molecule has 1 atom stereocenters. The Morgan fingerprint density at radius 1 is 1.14 bits per heavy atom. The summed E-state index contributed by atoms with van der Waals surface area (Å²) in [5.41, 5.74) is 4.64. The molecule has 0 aliphatic heterocycles. The lowest BCUT2D eigenvalue weighted by atomic mass is 10.1. The number of hydrazone groups is 1. The van der Waals surface area contributed by atoms with E-state index >= 15 is 0 Å². The molecule has 3 N–H and O–H groups in total. The van der Waals surface area contributed by atoms with Crippen LogP contribution in [0.1, 0.15) is 17.4 Å². The zero-order valence-corrected chi connectivity index (χ0v) is 11.7. The SMILES string of the molecule is O=C(N/N=C\c1cc2ccccc2[nH]1)[C@H](O)c1ccccc1. The highest BCUT2D eigenvalue weighted by atomic mass is 16.3. The number of carbonyl (C=O) groups excluding carboxylic acids is 1. The summed E-state index contributed by atoms with van der Waals surface area (Å²) in [7, 11) is 0. The first-order chi connectivity index (χ1) is 10.7. The Labute approximate surface area is 127 Å². The number of carbonyl (C=O) groups is 1. The summed E-state index contributed by atoms with van der Waals surface area (Å²) in [6.45, 7) is 0. The van der Waals surface area contributed by atoms with Gasteiger partial charge in [0.2, 0.25) is 0 Å². The van der Waals surface area contributed by atoms with Gasteiger partial charge in [0.1, 0.15) is 0 Å². The lowest BCUT2D eigenvalue weighted by molar-refractivity contribution is -0.129. The van der Waals surface area contributed by atoms with Crippen molar-refractivity contribution in [3.63, 3.8) is 0 Å². The van der Waals surface area contributed by atoms with E-state index < -0.39 is 12.0 Å². The summed E-state index contributed by atoms with van der Waals surface area (Å²) in [4.78, 5) is 15.0.